The number of anilines is 1. The average molecular weight is 254 g/mol. The molecule has 1 aliphatic rings. The van der Waals surface area contributed by atoms with E-state index in [4.69, 9.17) is 0 Å². The van der Waals surface area contributed by atoms with Gasteiger partial charge in [0.2, 0.25) is 0 Å². The molecule has 1 aromatic rings. The monoisotopic (exact) mass is 253 g/mol. The maximum absolute atomic E-state index is 3.53. The lowest BCUT2D eigenvalue weighted by Gasteiger charge is -2.21. The number of para-hydroxylation sites is 1. The number of hydrogen-bond donors (Lipinski definition) is 0. The van der Waals surface area contributed by atoms with Crippen LogP contribution in [0.5, 0.6) is 0 Å². The van der Waals surface area contributed by atoms with Gasteiger partial charge in [0.05, 0.1) is 0 Å². The Bertz CT molecular complexity index is 307. The summed E-state index contributed by atoms with van der Waals surface area (Å²) in [6.45, 7) is 1.21. The summed E-state index contributed by atoms with van der Waals surface area (Å²) in [6, 6.07) is 8.61. The fourth-order valence-corrected chi connectivity index (χ4v) is 2.26. The summed E-state index contributed by atoms with van der Waals surface area (Å²) in [4.78, 5) is 2.38. The molecule has 0 heterocycles. The van der Waals surface area contributed by atoms with Gasteiger partial charge in [-0.15, -0.1) is 0 Å². The van der Waals surface area contributed by atoms with Crippen LogP contribution in [0.1, 0.15) is 18.4 Å². The van der Waals surface area contributed by atoms with Crippen molar-refractivity contribution in [2.24, 2.45) is 5.92 Å². The van der Waals surface area contributed by atoms with Gasteiger partial charge in [-0.2, -0.15) is 0 Å². The van der Waals surface area contributed by atoms with Gasteiger partial charge >= 0.3 is 0 Å². The van der Waals surface area contributed by atoms with Crippen LogP contribution in [0.15, 0.2) is 24.3 Å². The quantitative estimate of drug-likeness (QED) is 0.744. The average Bonchev–Trinajstić information content (AvgIpc) is 3.01. The fraction of sp³-hybridized carbons (Fsp3) is 0.500. The van der Waals surface area contributed by atoms with Crippen LogP contribution in [-0.4, -0.2) is 13.6 Å². The molecule has 1 saturated carbocycles. The molecule has 0 atom stereocenters. The number of halogens is 1. The molecule has 0 amide bonds. The zero-order valence-electron chi connectivity index (χ0n) is 8.54. The van der Waals surface area contributed by atoms with Gasteiger partial charge in [0.25, 0.3) is 0 Å². The molecule has 2 heteroatoms. The Kier molecular flexibility index (Phi) is 3.12. The Morgan fingerprint density at radius 1 is 1.36 bits per heavy atom. The van der Waals surface area contributed by atoms with E-state index < -0.39 is 0 Å². The molecule has 0 aromatic heterocycles. The molecule has 0 bridgehead atoms. The van der Waals surface area contributed by atoms with Crippen molar-refractivity contribution in [3.05, 3.63) is 29.8 Å². The summed E-state index contributed by atoms with van der Waals surface area (Å²) in [5, 5.41) is 0.943. The highest BCUT2D eigenvalue weighted by Crippen LogP contribution is 2.32. The van der Waals surface area contributed by atoms with E-state index in [1.807, 2.05) is 0 Å². The van der Waals surface area contributed by atoms with E-state index in [9.17, 15) is 0 Å². The first kappa shape index (κ1) is 10.0. The molecule has 0 saturated heterocycles. The maximum atomic E-state index is 3.53. The number of benzene rings is 1. The van der Waals surface area contributed by atoms with E-state index in [-0.39, 0.29) is 0 Å². The Labute approximate surface area is 94.2 Å². The van der Waals surface area contributed by atoms with E-state index in [0.717, 1.165) is 11.2 Å². The van der Waals surface area contributed by atoms with Crippen molar-refractivity contribution in [1.82, 2.24) is 0 Å². The zero-order valence-corrected chi connectivity index (χ0v) is 10.1. The summed E-state index contributed by atoms with van der Waals surface area (Å²) in [6.07, 6.45) is 2.83. The van der Waals surface area contributed by atoms with Crippen LogP contribution < -0.4 is 4.90 Å². The van der Waals surface area contributed by atoms with Crippen molar-refractivity contribution in [3.63, 3.8) is 0 Å². The summed E-state index contributed by atoms with van der Waals surface area (Å²) in [5.74, 6) is 0.948. The van der Waals surface area contributed by atoms with Crippen LogP contribution in [0.25, 0.3) is 0 Å². The Hall–Kier alpha value is -0.500. The maximum Gasteiger partial charge on any atom is 0.0404 e. The number of alkyl halides is 1. The van der Waals surface area contributed by atoms with E-state index in [1.54, 1.807) is 0 Å². The molecule has 0 radical (unpaired) electrons. The van der Waals surface area contributed by atoms with Crippen molar-refractivity contribution in [1.29, 1.82) is 0 Å². The highest BCUT2D eigenvalue weighted by molar-refractivity contribution is 9.08. The van der Waals surface area contributed by atoms with Crippen molar-refractivity contribution in [3.8, 4) is 0 Å². The smallest absolute Gasteiger partial charge is 0.0404 e. The molecule has 14 heavy (non-hydrogen) atoms. The molecule has 0 spiro atoms. The van der Waals surface area contributed by atoms with Gasteiger partial charge < -0.3 is 4.90 Å². The number of rotatable bonds is 4. The summed E-state index contributed by atoms with van der Waals surface area (Å²) < 4.78 is 0. The highest BCUT2D eigenvalue weighted by Gasteiger charge is 2.23. The summed E-state index contributed by atoms with van der Waals surface area (Å²) in [7, 11) is 2.19. The first-order valence-corrected chi connectivity index (χ1v) is 6.28. The van der Waals surface area contributed by atoms with Crippen molar-refractivity contribution >= 4 is 21.6 Å². The first-order chi connectivity index (χ1) is 6.81. The van der Waals surface area contributed by atoms with Crippen LogP contribution in [-0.2, 0) is 5.33 Å². The molecule has 1 aliphatic carbocycles. The van der Waals surface area contributed by atoms with E-state index >= 15 is 0 Å². The predicted octanol–water partition coefficient (Wildman–Crippen LogP) is 3.43. The van der Waals surface area contributed by atoms with Gasteiger partial charge in [-0.25, -0.2) is 0 Å². The third-order valence-corrected chi connectivity index (χ3v) is 3.38. The van der Waals surface area contributed by atoms with Crippen LogP contribution in [0.2, 0.25) is 0 Å². The van der Waals surface area contributed by atoms with Gasteiger partial charge in [-0.3, -0.25) is 0 Å². The van der Waals surface area contributed by atoms with Crippen LogP contribution in [0, 0.1) is 5.92 Å². The molecule has 0 N–H and O–H groups in total. The molecule has 76 valence electrons. The Morgan fingerprint density at radius 3 is 2.71 bits per heavy atom. The zero-order chi connectivity index (χ0) is 9.97. The molecule has 1 nitrogen and oxygen atoms in total. The highest BCUT2D eigenvalue weighted by atomic mass is 79.9. The van der Waals surface area contributed by atoms with Gasteiger partial charge in [0.15, 0.2) is 0 Å². The topological polar surface area (TPSA) is 3.24 Å². The molecular weight excluding hydrogens is 238 g/mol. The largest absolute Gasteiger partial charge is 0.374 e. The molecule has 1 fully saturated rings. The Balaban J connectivity index is 2.11. The third-order valence-electron chi connectivity index (χ3n) is 2.78. The summed E-state index contributed by atoms with van der Waals surface area (Å²) in [5.41, 5.74) is 2.76. The van der Waals surface area contributed by atoms with Gasteiger partial charge in [0.1, 0.15) is 0 Å². The lowest BCUT2D eigenvalue weighted by molar-refractivity contribution is 0.785. The molecular formula is C12H16BrN. The molecule has 0 aliphatic heterocycles. The second-order valence-corrected chi connectivity index (χ2v) is 4.65. The molecule has 0 unspecified atom stereocenters. The lowest BCUT2D eigenvalue weighted by atomic mass is 10.2. The first-order valence-electron chi connectivity index (χ1n) is 5.16. The van der Waals surface area contributed by atoms with E-state index in [2.05, 4.69) is 52.1 Å². The van der Waals surface area contributed by atoms with Gasteiger partial charge in [-0.05, 0) is 30.4 Å². The van der Waals surface area contributed by atoms with Crippen LogP contribution in [0.4, 0.5) is 5.69 Å². The van der Waals surface area contributed by atoms with Crippen molar-refractivity contribution in [2.45, 2.75) is 18.2 Å². The minimum absolute atomic E-state index is 0.943. The Morgan fingerprint density at radius 2 is 2.07 bits per heavy atom. The standard InChI is InChI=1S/C12H16BrN/c1-14(9-10-6-7-10)12-5-3-2-4-11(12)8-13/h2-5,10H,6-9H2,1H3. The normalized spacial score (nSPS) is 15.6. The predicted molar refractivity (Wildman–Crippen MR) is 65.1 cm³/mol. The van der Waals surface area contributed by atoms with E-state index in [0.29, 0.717) is 0 Å². The minimum atomic E-state index is 0.943. The third kappa shape index (κ3) is 2.30. The second kappa shape index (κ2) is 4.35. The fourth-order valence-electron chi connectivity index (χ4n) is 1.78. The SMILES string of the molecule is CN(CC1CC1)c1ccccc1CBr. The molecule has 2 rings (SSSR count). The van der Waals surface area contributed by atoms with E-state index in [1.165, 1.54) is 30.6 Å². The van der Waals surface area contributed by atoms with Crippen molar-refractivity contribution in [2.75, 3.05) is 18.5 Å². The van der Waals surface area contributed by atoms with Crippen LogP contribution in [0.3, 0.4) is 0 Å². The van der Waals surface area contributed by atoms with Crippen LogP contribution >= 0.6 is 15.9 Å². The number of hydrogen-bond acceptors (Lipinski definition) is 1. The van der Waals surface area contributed by atoms with Gasteiger partial charge in [0, 0.05) is 24.6 Å². The minimum Gasteiger partial charge on any atom is -0.374 e. The lowest BCUT2D eigenvalue weighted by Crippen LogP contribution is -2.20. The van der Waals surface area contributed by atoms with Gasteiger partial charge in [-0.1, -0.05) is 34.1 Å². The summed E-state index contributed by atoms with van der Waals surface area (Å²) >= 11 is 3.53. The number of nitrogens with zero attached hydrogens (tertiary/aromatic N) is 1. The molecule has 1 aromatic carbocycles. The second-order valence-electron chi connectivity index (χ2n) is 4.09. The van der Waals surface area contributed by atoms with Crippen molar-refractivity contribution < 1.29 is 0 Å².